The summed E-state index contributed by atoms with van der Waals surface area (Å²) in [6.07, 6.45) is 0. The number of carbonyl (C=O) groups excluding carboxylic acids is 1. The molecular weight excluding hydrogens is 332 g/mol. The zero-order valence-corrected chi connectivity index (χ0v) is 13.0. The Morgan fingerprint density at radius 2 is 2.00 bits per heavy atom. The minimum atomic E-state index is -0.724. The maximum Gasteiger partial charge on any atom is 0.253 e. The van der Waals surface area contributed by atoms with Crippen molar-refractivity contribution in [2.75, 3.05) is 7.11 Å². The van der Waals surface area contributed by atoms with Crippen molar-refractivity contribution in [1.29, 1.82) is 0 Å². The molecule has 2 rings (SSSR count). The lowest BCUT2D eigenvalue weighted by Gasteiger charge is -2.09. The Hall–Kier alpha value is -1.98. The van der Waals surface area contributed by atoms with Crippen LogP contribution in [0.4, 0.5) is 4.39 Å². The maximum absolute atomic E-state index is 13.4. The Labute approximate surface area is 136 Å². The van der Waals surface area contributed by atoms with Crippen molar-refractivity contribution in [3.05, 3.63) is 57.3 Å². The molecule has 7 heteroatoms. The Morgan fingerprint density at radius 3 is 2.64 bits per heavy atom. The van der Waals surface area contributed by atoms with Gasteiger partial charge in [-0.05, 0) is 29.8 Å². The van der Waals surface area contributed by atoms with E-state index in [4.69, 9.17) is 27.9 Å². The molecule has 0 radical (unpaired) electrons. The van der Waals surface area contributed by atoms with Crippen LogP contribution in [0.5, 0.6) is 11.5 Å². The largest absolute Gasteiger partial charge is 0.504 e. The first kappa shape index (κ1) is 16.4. The molecule has 0 bridgehead atoms. The van der Waals surface area contributed by atoms with E-state index in [0.717, 1.165) is 6.07 Å². The molecule has 1 amide bonds. The van der Waals surface area contributed by atoms with Gasteiger partial charge < -0.3 is 15.2 Å². The number of hydrogen-bond donors (Lipinski definition) is 2. The molecule has 0 fully saturated rings. The summed E-state index contributed by atoms with van der Waals surface area (Å²) in [6, 6.07) is 6.87. The molecule has 2 aromatic carbocycles. The van der Waals surface area contributed by atoms with Gasteiger partial charge in [0, 0.05) is 6.54 Å². The maximum atomic E-state index is 13.4. The second-order valence-corrected chi connectivity index (χ2v) is 5.25. The topological polar surface area (TPSA) is 58.6 Å². The molecule has 4 nitrogen and oxygen atoms in total. The Balaban J connectivity index is 2.10. The lowest BCUT2D eigenvalue weighted by molar-refractivity contribution is 0.0950. The summed E-state index contributed by atoms with van der Waals surface area (Å²) in [5, 5.41) is 12.1. The number of ether oxygens (including phenoxy) is 1. The molecular formula is C15H12Cl2FNO3. The van der Waals surface area contributed by atoms with Crippen molar-refractivity contribution in [2.45, 2.75) is 6.54 Å². The lowest BCUT2D eigenvalue weighted by atomic mass is 10.1. The Bertz CT molecular complexity index is 722. The number of amides is 1. The van der Waals surface area contributed by atoms with Gasteiger partial charge in [0.05, 0.1) is 22.7 Å². The highest BCUT2D eigenvalue weighted by atomic mass is 35.5. The van der Waals surface area contributed by atoms with Crippen molar-refractivity contribution < 1.29 is 19.0 Å². The molecule has 0 heterocycles. The smallest absolute Gasteiger partial charge is 0.253 e. The summed E-state index contributed by atoms with van der Waals surface area (Å²) in [6.45, 7) is 0.136. The van der Waals surface area contributed by atoms with Gasteiger partial charge in [-0.25, -0.2) is 4.39 Å². The molecule has 2 aromatic rings. The molecule has 22 heavy (non-hydrogen) atoms. The fourth-order valence-electron chi connectivity index (χ4n) is 1.82. The number of nitrogens with one attached hydrogen (secondary N) is 1. The molecule has 0 unspecified atom stereocenters. The van der Waals surface area contributed by atoms with E-state index < -0.39 is 11.7 Å². The summed E-state index contributed by atoms with van der Waals surface area (Å²) in [7, 11) is 1.44. The average molecular weight is 344 g/mol. The Morgan fingerprint density at radius 1 is 1.27 bits per heavy atom. The van der Waals surface area contributed by atoms with Crippen molar-refractivity contribution >= 4 is 29.1 Å². The minimum absolute atomic E-state index is 0.0127. The van der Waals surface area contributed by atoms with Crippen molar-refractivity contribution in [2.24, 2.45) is 0 Å². The van der Waals surface area contributed by atoms with Gasteiger partial charge in [-0.15, -0.1) is 0 Å². The number of carbonyl (C=O) groups is 1. The highest BCUT2D eigenvalue weighted by Gasteiger charge is 2.14. The number of phenols is 1. The first-order chi connectivity index (χ1) is 10.4. The van der Waals surface area contributed by atoms with Gasteiger partial charge in [-0.2, -0.15) is 0 Å². The minimum Gasteiger partial charge on any atom is -0.504 e. The Kier molecular flexibility index (Phi) is 5.11. The number of halogens is 3. The normalized spacial score (nSPS) is 10.4. The monoisotopic (exact) mass is 343 g/mol. The summed E-state index contributed by atoms with van der Waals surface area (Å²) < 4.78 is 18.3. The molecule has 0 saturated heterocycles. The second kappa shape index (κ2) is 6.85. The third-order valence-corrected chi connectivity index (χ3v) is 3.55. The van der Waals surface area contributed by atoms with E-state index in [9.17, 15) is 14.3 Å². The number of phenolic OH excluding ortho intramolecular Hbond substituents is 1. The standard InChI is InChI=1S/C15H12Cl2FNO3/c1-22-14-3-2-8(4-13(14)20)7-19-15(21)9-5-12(18)11(17)6-10(9)16/h2-6,20H,7H2,1H3,(H,19,21). The summed E-state index contributed by atoms with van der Waals surface area (Å²) in [4.78, 5) is 12.0. The molecule has 0 aromatic heterocycles. The zero-order chi connectivity index (χ0) is 16.3. The number of hydrogen-bond acceptors (Lipinski definition) is 3. The fourth-order valence-corrected chi connectivity index (χ4v) is 2.29. The van der Waals surface area contributed by atoms with E-state index in [1.54, 1.807) is 12.1 Å². The van der Waals surface area contributed by atoms with E-state index in [1.807, 2.05) is 0 Å². The highest BCUT2D eigenvalue weighted by Crippen LogP contribution is 2.27. The van der Waals surface area contributed by atoms with Gasteiger partial charge in [-0.3, -0.25) is 4.79 Å². The van der Waals surface area contributed by atoms with Crippen LogP contribution < -0.4 is 10.1 Å². The quantitative estimate of drug-likeness (QED) is 0.830. The van der Waals surface area contributed by atoms with Gasteiger partial charge in [0.25, 0.3) is 5.91 Å². The van der Waals surface area contributed by atoms with Crippen LogP contribution in [0.2, 0.25) is 10.0 Å². The highest BCUT2D eigenvalue weighted by molar-refractivity contribution is 6.36. The number of benzene rings is 2. The van der Waals surface area contributed by atoms with Crippen LogP contribution in [0.3, 0.4) is 0 Å². The molecule has 0 aliphatic heterocycles. The van der Waals surface area contributed by atoms with E-state index in [1.165, 1.54) is 19.2 Å². The summed E-state index contributed by atoms with van der Waals surface area (Å²) in [5.74, 6) is -0.975. The van der Waals surface area contributed by atoms with Crippen LogP contribution in [0, 0.1) is 5.82 Å². The fraction of sp³-hybridized carbons (Fsp3) is 0.133. The van der Waals surface area contributed by atoms with Crippen LogP contribution in [0.1, 0.15) is 15.9 Å². The number of rotatable bonds is 4. The van der Waals surface area contributed by atoms with Crippen LogP contribution in [-0.2, 0) is 6.54 Å². The number of aromatic hydroxyl groups is 1. The lowest BCUT2D eigenvalue weighted by Crippen LogP contribution is -2.23. The van der Waals surface area contributed by atoms with E-state index in [-0.39, 0.29) is 27.9 Å². The summed E-state index contributed by atoms with van der Waals surface area (Å²) in [5.41, 5.74) is 0.638. The SMILES string of the molecule is COc1ccc(CNC(=O)c2cc(F)c(Cl)cc2Cl)cc1O. The third kappa shape index (κ3) is 3.61. The molecule has 116 valence electrons. The predicted molar refractivity (Wildman–Crippen MR) is 82.2 cm³/mol. The van der Waals surface area contributed by atoms with Crippen molar-refractivity contribution in [3.8, 4) is 11.5 Å². The molecule has 0 aliphatic rings. The van der Waals surface area contributed by atoms with Gasteiger partial charge in [-0.1, -0.05) is 29.3 Å². The molecule has 0 atom stereocenters. The molecule has 0 aliphatic carbocycles. The first-order valence-corrected chi connectivity index (χ1v) is 6.96. The van der Waals surface area contributed by atoms with Gasteiger partial charge in [0.1, 0.15) is 5.82 Å². The van der Waals surface area contributed by atoms with Gasteiger partial charge in [0.2, 0.25) is 0 Å². The van der Waals surface area contributed by atoms with Crippen LogP contribution in [0.25, 0.3) is 0 Å². The van der Waals surface area contributed by atoms with Crippen LogP contribution in [0.15, 0.2) is 30.3 Å². The van der Waals surface area contributed by atoms with Gasteiger partial charge >= 0.3 is 0 Å². The molecule has 2 N–H and O–H groups in total. The molecule has 0 saturated carbocycles. The van der Waals surface area contributed by atoms with Crippen LogP contribution >= 0.6 is 23.2 Å². The number of methoxy groups -OCH3 is 1. The van der Waals surface area contributed by atoms with Crippen molar-refractivity contribution in [1.82, 2.24) is 5.32 Å². The first-order valence-electron chi connectivity index (χ1n) is 6.21. The summed E-state index contributed by atoms with van der Waals surface area (Å²) >= 11 is 11.5. The third-order valence-electron chi connectivity index (χ3n) is 2.95. The average Bonchev–Trinajstić information content (AvgIpc) is 2.48. The second-order valence-electron chi connectivity index (χ2n) is 4.44. The van der Waals surface area contributed by atoms with E-state index in [0.29, 0.717) is 11.3 Å². The predicted octanol–water partition coefficient (Wildman–Crippen LogP) is 3.78. The van der Waals surface area contributed by atoms with Gasteiger partial charge in [0.15, 0.2) is 11.5 Å². The van der Waals surface area contributed by atoms with Crippen molar-refractivity contribution in [3.63, 3.8) is 0 Å². The van der Waals surface area contributed by atoms with E-state index >= 15 is 0 Å². The van der Waals surface area contributed by atoms with E-state index in [2.05, 4.69) is 5.32 Å². The zero-order valence-electron chi connectivity index (χ0n) is 11.5. The van der Waals surface area contributed by atoms with Crippen LogP contribution in [-0.4, -0.2) is 18.1 Å². The molecule has 0 spiro atoms.